The van der Waals surface area contributed by atoms with Gasteiger partial charge in [-0.3, -0.25) is 0 Å². The van der Waals surface area contributed by atoms with Crippen LogP contribution in [0.5, 0.6) is 0 Å². The molecule has 1 fully saturated rings. The highest BCUT2D eigenvalue weighted by molar-refractivity contribution is 4.92. The summed E-state index contributed by atoms with van der Waals surface area (Å²) < 4.78 is 5.16. The first-order valence-electron chi connectivity index (χ1n) is 4.84. The minimum atomic E-state index is -1.14. The van der Waals surface area contributed by atoms with Gasteiger partial charge in [0.25, 0.3) is 0 Å². The van der Waals surface area contributed by atoms with E-state index < -0.39 is 24.4 Å². The number of hydrogen-bond acceptors (Lipinski definition) is 4. The Kier molecular flexibility index (Phi) is 3.53. The van der Waals surface area contributed by atoms with Crippen molar-refractivity contribution >= 4 is 0 Å². The van der Waals surface area contributed by atoms with Crippen LogP contribution in [0.3, 0.4) is 0 Å². The summed E-state index contributed by atoms with van der Waals surface area (Å²) in [5, 5.41) is 28.2. The smallest absolute Gasteiger partial charge is 0.115 e. The third-order valence-corrected chi connectivity index (χ3v) is 2.29. The monoisotopic (exact) mass is 203 g/mol. The van der Waals surface area contributed by atoms with Gasteiger partial charge in [-0.2, -0.15) is 0 Å². The van der Waals surface area contributed by atoms with Gasteiger partial charge in [0.15, 0.2) is 0 Å². The van der Waals surface area contributed by atoms with E-state index in [0.29, 0.717) is 6.42 Å². The van der Waals surface area contributed by atoms with Crippen LogP contribution in [0.1, 0.15) is 27.2 Å². The van der Waals surface area contributed by atoms with E-state index in [1.165, 1.54) is 6.61 Å². The molecule has 0 aromatic carbocycles. The maximum Gasteiger partial charge on any atom is 0.115 e. The van der Waals surface area contributed by atoms with Crippen LogP contribution in [0.2, 0.25) is 0 Å². The molecule has 4 heteroatoms. The Hall–Kier alpha value is -0.160. The van der Waals surface area contributed by atoms with Crippen LogP contribution in [0.15, 0.2) is 0 Å². The van der Waals surface area contributed by atoms with Crippen LogP contribution in [0.4, 0.5) is 0 Å². The molecular formula is C10H19O4. The molecule has 0 aliphatic carbocycles. The topological polar surface area (TPSA) is 69.9 Å². The molecule has 0 aromatic rings. The molecule has 1 rings (SSSR count). The number of aliphatic hydroxyl groups excluding tert-OH is 3. The first kappa shape index (κ1) is 11.9. The Balaban J connectivity index is 2.55. The van der Waals surface area contributed by atoms with Gasteiger partial charge in [-0.05, 0) is 11.8 Å². The molecule has 1 aliphatic rings. The van der Waals surface area contributed by atoms with E-state index in [0.717, 1.165) is 0 Å². The minimum absolute atomic E-state index is 0.0154. The third kappa shape index (κ3) is 2.92. The zero-order valence-corrected chi connectivity index (χ0v) is 8.84. The lowest BCUT2D eigenvalue weighted by Crippen LogP contribution is -2.51. The van der Waals surface area contributed by atoms with Crippen molar-refractivity contribution in [1.82, 2.24) is 0 Å². The van der Waals surface area contributed by atoms with Crippen LogP contribution in [-0.4, -0.2) is 39.7 Å². The lowest BCUT2D eigenvalue weighted by atomic mass is 9.85. The summed E-state index contributed by atoms with van der Waals surface area (Å²) in [6.45, 7) is 7.27. The van der Waals surface area contributed by atoms with Gasteiger partial charge in [-0.1, -0.05) is 20.8 Å². The molecule has 14 heavy (non-hydrogen) atoms. The normalized spacial score (nSPS) is 39.9. The first-order valence-corrected chi connectivity index (χ1v) is 4.84. The summed E-state index contributed by atoms with van der Waals surface area (Å²) in [5.41, 5.74) is 0.0154. The van der Waals surface area contributed by atoms with E-state index >= 15 is 0 Å². The maximum atomic E-state index is 9.62. The standard InChI is InChI=1S/C10H19O4/c1-10(2,3)4-7-9(13)8(12)6(11)5-14-7/h5-9,11-13H,4H2,1-3H3/t6-,7-,8-,9-/m0/s1. The van der Waals surface area contributed by atoms with Gasteiger partial charge in [0, 0.05) is 0 Å². The van der Waals surface area contributed by atoms with Crippen molar-refractivity contribution < 1.29 is 20.1 Å². The molecule has 1 heterocycles. The Labute approximate surface area is 84.5 Å². The van der Waals surface area contributed by atoms with Crippen molar-refractivity contribution in [1.29, 1.82) is 0 Å². The minimum Gasteiger partial charge on any atom is -0.388 e. The molecule has 0 aromatic heterocycles. The molecule has 1 saturated heterocycles. The van der Waals surface area contributed by atoms with Crippen LogP contribution in [0, 0.1) is 12.0 Å². The molecule has 0 unspecified atom stereocenters. The molecule has 0 amide bonds. The molecule has 0 spiro atoms. The molecule has 0 bridgehead atoms. The quantitative estimate of drug-likeness (QED) is 0.564. The average Bonchev–Trinajstić information content (AvgIpc) is 2.04. The summed E-state index contributed by atoms with van der Waals surface area (Å²) >= 11 is 0. The lowest BCUT2D eigenvalue weighted by Gasteiger charge is -2.37. The number of hydrogen-bond donors (Lipinski definition) is 3. The van der Waals surface area contributed by atoms with Crippen molar-refractivity contribution in [2.45, 2.75) is 51.6 Å². The van der Waals surface area contributed by atoms with E-state index in [-0.39, 0.29) is 5.41 Å². The fourth-order valence-electron chi connectivity index (χ4n) is 1.54. The molecule has 0 saturated carbocycles. The average molecular weight is 203 g/mol. The van der Waals surface area contributed by atoms with Crippen LogP contribution in [-0.2, 0) is 4.74 Å². The SMILES string of the molecule is CC(C)(C)C[C@@H]1O[CH][C@H](O)[C@H](O)[C@H]1O. The first-order chi connectivity index (χ1) is 6.31. The van der Waals surface area contributed by atoms with Gasteiger partial charge in [0.1, 0.15) is 24.9 Å². The summed E-state index contributed by atoms with van der Waals surface area (Å²) in [7, 11) is 0. The Morgan fingerprint density at radius 1 is 1.14 bits per heavy atom. The van der Waals surface area contributed by atoms with E-state index in [4.69, 9.17) is 4.74 Å². The summed E-state index contributed by atoms with van der Waals surface area (Å²) in [6, 6.07) is 0. The van der Waals surface area contributed by atoms with Crippen LogP contribution >= 0.6 is 0 Å². The van der Waals surface area contributed by atoms with Gasteiger partial charge < -0.3 is 20.1 Å². The van der Waals surface area contributed by atoms with Gasteiger partial charge in [-0.15, -0.1) is 0 Å². The fourth-order valence-corrected chi connectivity index (χ4v) is 1.54. The molecule has 4 atom stereocenters. The second kappa shape index (κ2) is 4.14. The molecule has 3 N–H and O–H groups in total. The zero-order valence-electron chi connectivity index (χ0n) is 8.84. The van der Waals surface area contributed by atoms with Crippen LogP contribution in [0.25, 0.3) is 0 Å². The largest absolute Gasteiger partial charge is 0.388 e. The highest BCUT2D eigenvalue weighted by atomic mass is 16.5. The van der Waals surface area contributed by atoms with Gasteiger partial charge in [-0.25, -0.2) is 0 Å². The Morgan fingerprint density at radius 3 is 2.21 bits per heavy atom. The van der Waals surface area contributed by atoms with Crippen LogP contribution < -0.4 is 0 Å². The van der Waals surface area contributed by atoms with E-state index in [2.05, 4.69) is 0 Å². The van der Waals surface area contributed by atoms with E-state index in [1.54, 1.807) is 0 Å². The van der Waals surface area contributed by atoms with Crippen molar-refractivity contribution in [3.05, 3.63) is 6.61 Å². The van der Waals surface area contributed by atoms with Crippen molar-refractivity contribution in [2.75, 3.05) is 0 Å². The van der Waals surface area contributed by atoms with Crippen molar-refractivity contribution in [3.63, 3.8) is 0 Å². The fraction of sp³-hybridized carbons (Fsp3) is 0.900. The molecular weight excluding hydrogens is 184 g/mol. The van der Waals surface area contributed by atoms with E-state index in [1.807, 2.05) is 20.8 Å². The molecule has 4 nitrogen and oxygen atoms in total. The zero-order chi connectivity index (χ0) is 10.9. The Morgan fingerprint density at radius 2 is 1.71 bits per heavy atom. The van der Waals surface area contributed by atoms with Crippen molar-refractivity contribution in [2.24, 2.45) is 5.41 Å². The Bertz CT molecular complexity index is 187. The molecule has 1 aliphatic heterocycles. The second-order valence-corrected chi connectivity index (χ2v) is 5.05. The van der Waals surface area contributed by atoms with Gasteiger partial charge in [0.05, 0.1) is 6.10 Å². The van der Waals surface area contributed by atoms with E-state index in [9.17, 15) is 15.3 Å². The maximum absolute atomic E-state index is 9.62. The highest BCUT2D eigenvalue weighted by Gasteiger charge is 2.39. The summed E-state index contributed by atoms with van der Waals surface area (Å²) in [5.74, 6) is 0. The number of rotatable bonds is 1. The van der Waals surface area contributed by atoms with Gasteiger partial charge in [0.2, 0.25) is 0 Å². The number of ether oxygens (including phenoxy) is 1. The molecule has 83 valence electrons. The third-order valence-electron chi connectivity index (χ3n) is 2.29. The highest BCUT2D eigenvalue weighted by Crippen LogP contribution is 2.29. The predicted molar refractivity (Wildman–Crippen MR) is 51.3 cm³/mol. The number of aliphatic hydroxyl groups is 3. The molecule has 1 radical (unpaired) electrons. The van der Waals surface area contributed by atoms with Gasteiger partial charge >= 0.3 is 0 Å². The van der Waals surface area contributed by atoms with Crippen molar-refractivity contribution in [3.8, 4) is 0 Å². The second-order valence-electron chi connectivity index (χ2n) is 5.05. The predicted octanol–water partition coefficient (Wildman–Crippen LogP) is 0.0659. The summed E-state index contributed by atoms with van der Waals surface area (Å²) in [4.78, 5) is 0. The lowest BCUT2D eigenvalue weighted by molar-refractivity contribution is -0.167. The summed E-state index contributed by atoms with van der Waals surface area (Å²) in [6.07, 6.45) is -3.06.